The third-order valence-corrected chi connectivity index (χ3v) is 4.80. The van der Waals surface area contributed by atoms with Crippen molar-refractivity contribution >= 4 is 35.0 Å². The predicted molar refractivity (Wildman–Crippen MR) is 98.1 cm³/mol. The Bertz CT molecular complexity index is 745. The predicted octanol–water partition coefficient (Wildman–Crippen LogP) is 3.08. The van der Waals surface area contributed by atoms with Crippen molar-refractivity contribution in [2.45, 2.75) is 26.3 Å². The number of benzene rings is 1. The Morgan fingerprint density at radius 2 is 2.00 bits per heavy atom. The highest BCUT2D eigenvalue weighted by molar-refractivity contribution is 8.18. The average molecular weight is 379 g/mol. The summed E-state index contributed by atoms with van der Waals surface area (Å²) < 4.78 is 15.1. The molecule has 0 spiro atoms. The van der Waals surface area contributed by atoms with Gasteiger partial charge in [0.25, 0.3) is 11.1 Å². The minimum absolute atomic E-state index is 0.142. The van der Waals surface area contributed by atoms with Gasteiger partial charge in [-0.2, -0.15) is 0 Å². The third-order valence-electron chi connectivity index (χ3n) is 3.91. The number of hydrogen-bond acceptors (Lipinski definition) is 7. The Kier molecular flexibility index (Phi) is 6.68. The summed E-state index contributed by atoms with van der Waals surface area (Å²) in [6, 6.07) is 4.87. The van der Waals surface area contributed by atoms with E-state index in [0.717, 1.165) is 11.8 Å². The molecular weight excluding hydrogens is 358 g/mol. The molecule has 26 heavy (non-hydrogen) atoms. The molecule has 140 valence electrons. The molecule has 8 heteroatoms. The van der Waals surface area contributed by atoms with E-state index in [2.05, 4.69) is 4.74 Å². The minimum atomic E-state index is -0.505. The molecule has 1 saturated heterocycles. The lowest BCUT2D eigenvalue weighted by atomic mass is 10.1. The molecule has 0 bridgehead atoms. The molecule has 0 radical (unpaired) electrons. The molecule has 1 aromatic carbocycles. The molecule has 0 N–H and O–H groups in total. The fourth-order valence-electron chi connectivity index (χ4n) is 2.28. The number of carbonyl (C=O) groups is 3. The van der Waals surface area contributed by atoms with Crippen LogP contribution in [-0.4, -0.2) is 48.9 Å². The summed E-state index contributed by atoms with van der Waals surface area (Å²) in [5.74, 6) is -0.0132. The van der Waals surface area contributed by atoms with Crippen LogP contribution in [0, 0.1) is 0 Å². The van der Waals surface area contributed by atoms with Crippen molar-refractivity contribution < 1.29 is 28.6 Å². The molecule has 7 nitrogen and oxygen atoms in total. The molecule has 1 aliphatic rings. The summed E-state index contributed by atoms with van der Waals surface area (Å²) in [6.45, 7) is 3.53. The molecule has 0 aliphatic carbocycles. The standard InChI is InChI=1S/C18H21NO6S/c1-5-11(2)19-17(21)15(26-18(19)22)9-12-6-7-13(14(8-12)23-3)25-10-16(20)24-4/h6-9,11H,5,10H2,1-4H3/b15-9-/t11-/m1/s1. The quantitative estimate of drug-likeness (QED) is 0.532. The molecule has 0 saturated carbocycles. The zero-order valence-electron chi connectivity index (χ0n) is 15.1. The van der Waals surface area contributed by atoms with Crippen molar-refractivity contribution in [3.05, 3.63) is 28.7 Å². The van der Waals surface area contributed by atoms with Gasteiger partial charge in [-0.15, -0.1) is 0 Å². The van der Waals surface area contributed by atoms with E-state index in [1.165, 1.54) is 19.1 Å². The van der Waals surface area contributed by atoms with Crippen LogP contribution < -0.4 is 9.47 Å². The van der Waals surface area contributed by atoms with E-state index in [1.807, 2.05) is 13.8 Å². The number of nitrogens with zero attached hydrogens (tertiary/aromatic N) is 1. The van der Waals surface area contributed by atoms with Gasteiger partial charge in [0.05, 0.1) is 19.1 Å². The van der Waals surface area contributed by atoms with E-state index < -0.39 is 5.97 Å². The second kappa shape index (κ2) is 8.75. The Balaban J connectivity index is 2.21. The van der Waals surface area contributed by atoms with Crippen molar-refractivity contribution in [2.24, 2.45) is 0 Å². The van der Waals surface area contributed by atoms with Crippen molar-refractivity contribution in [3.63, 3.8) is 0 Å². The lowest BCUT2D eigenvalue weighted by Gasteiger charge is -2.19. The smallest absolute Gasteiger partial charge is 0.343 e. The lowest BCUT2D eigenvalue weighted by molar-refractivity contribution is -0.143. The SMILES string of the molecule is CC[C@@H](C)N1C(=O)S/C(=C\c2ccc(OCC(=O)OC)c(OC)c2)C1=O. The molecule has 0 aromatic heterocycles. The summed E-state index contributed by atoms with van der Waals surface area (Å²) >= 11 is 0.920. The number of hydrogen-bond donors (Lipinski definition) is 0. The van der Waals surface area contributed by atoms with Crippen molar-refractivity contribution in [2.75, 3.05) is 20.8 Å². The molecule has 1 heterocycles. The normalized spacial score (nSPS) is 16.8. The van der Waals surface area contributed by atoms with Gasteiger partial charge in [-0.1, -0.05) is 13.0 Å². The highest BCUT2D eigenvalue weighted by Crippen LogP contribution is 2.35. The van der Waals surface area contributed by atoms with Gasteiger partial charge in [-0.25, -0.2) is 4.79 Å². The largest absolute Gasteiger partial charge is 0.493 e. The van der Waals surface area contributed by atoms with Gasteiger partial charge >= 0.3 is 5.97 Å². The van der Waals surface area contributed by atoms with Gasteiger partial charge in [0.15, 0.2) is 18.1 Å². The van der Waals surface area contributed by atoms with E-state index >= 15 is 0 Å². The maximum absolute atomic E-state index is 12.5. The highest BCUT2D eigenvalue weighted by atomic mass is 32.2. The first-order valence-electron chi connectivity index (χ1n) is 8.06. The molecule has 1 atom stereocenters. The van der Waals surface area contributed by atoms with Gasteiger partial charge in [-0.05, 0) is 48.9 Å². The van der Waals surface area contributed by atoms with Gasteiger partial charge in [0, 0.05) is 6.04 Å². The van der Waals surface area contributed by atoms with Crippen LogP contribution in [-0.2, 0) is 14.3 Å². The zero-order chi connectivity index (χ0) is 19.3. The summed E-state index contributed by atoms with van der Waals surface area (Å²) in [7, 11) is 2.75. The number of esters is 1. The first-order chi connectivity index (χ1) is 12.4. The molecule has 1 fully saturated rings. The summed E-state index contributed by atoms with van der Waals surface area (Å²) in [5.41, 5.74) is 0.682. The van der Waals surface area contributed by atoms with Gasteiger partial charge < -0.3 is 14.2 Å². The number of methoxy groups -OCH3 is 2. The van der Waals surface area contributed by atoms with E-state index in [9.17, 15) is 14.4 Å². The Morgan fingerprint density at radius 1 is 1.27 bits per heavy atom. The van der Waals surface area contributed by atoms with Crippen LogP contribution in [0.15, 0.2) is 23.1 Å². The van der Waals surface area contributed by atoms with Crippen molar-refractivity contribution in [1.82, 2.24) is 4.90 Å². The van der Waals surface area contributed by atoms with Gasteiger partial charge in [-0.3, -0.25) is 14.5 Å². The second-order valence-corrected chi connectivity index (χ2v) is 6.58. The van der Waals surface area contributed by atoms with Crippen LogP contribution in [0.2, 0.25) is 0 Å². The van der Waals surface area contributed by atoms with Gasteiger partial charge in [0.1, 0.15) is 0 Å². The zero-order valence-corrected chi connectivity index (χ0v) is 15.9. The average Bonchev–Trinajstić information content (AvgIpc) is 2.92. The van der Waals surface area contributed by atoms with Gasteiger partial charge in [0.2, 0.25) is 0 Å². The number of rotatable bonds is 7. The lowest BCUT2D eigenvalue weighted by Crippen LogP contribution is -2.36. The number of carbonyl (C=O) groups excluding carboxylic acids is 3. The molecule has 2 amide bonds. The van der Waals surface area contributed by atoms with Crippen molar-refractivity contribution in [1.29, 1.82) is 0 Å². The van der Waals surface area contributed by atoms with Crippen molar-refractivity contribution in [3.8, 4) is 11.5 Å². The Labute approximate surface area is 156 Å². The van der Waals surface area contributed by atoms with Crippen LogP contribution in [0.25, 0.3) is 6.08 Å². The maximum Gasteiger partial charge on any atom is 0.343 e. The first kappa shape index (κ1) is 19.8. The molecule has 2 rings (SSSR count). The summed E-state index contributed by atoms with van der Waals surface area (Å²) in [4.78, 5) is 37.4. The Morgan fingerprint density at radius 3 is 2.62 bits per heavy atom. The third kappa shape index (κ3) is 4.37. The highest BCUT2D eigenvalue weighted by Gasteiger charge is 2.37. The summed E-state index contributed by atoms with van der Waals surface area (Å²) in [6.07, 6.45) is 2.34. The van der Waals surface area contributed by atoms with Crippen LogP contribution >= 0.6 is 11.8 Å². The molecular formula is C18H21NO6S. The fraction of sp³-hybridized carbons (Fsp3) is 0.389. The molecule has 0 unspecified atom stereocenters. The first-order valence-corrected chi connectivity index (χ1v) is 8.87. The second-order valence-electron chi connectivity index (χ2n) is 5.58. The van der Waals surface area contributed by atoms with E-state index in [4.69, 9.17) is 9.47 Å². The topological polar surface area (TPSA) is 82.1 Å². The number of thioether (sulfide) groups is 1. The number of amides is 2. The minimum Gasteiger partial charge on any atom is -0.493 e. The van der Waals surface area contributed by atoms with Crippen LogP contribution in [0.5, 0.6) is 11.5 Å². The maximum atomic E-state index is 12.5. The van der Waals surface area contributed by atoms with E-state index in [-0.39, 0.29) is 23.8 Å². The van der Waals surface area contributed by atoms with E-state index in [0.29, 0.717) is 28.4 Å². The molecule has 1 aromatic rings. The number of imide groups is 1. The monoisotopic (exact) mass is 379 g/mol. The van der Waals surface area contributed by atoms with Crippen LogP contribution in [0.3, 0.4) is 0 Å². The number of ether oxygens (including phenoxy) is 3. The van der Waals surface area contributed by atoms with Crippen LogP contribution in [0.1, 0.15) is 25.8 Å². The molecule has 1 aliphatic heterocycles. The Hall–Kier alpha value is -2.48. The fourth-order valence-corrected chi connectivity index (χ4v) is 3.21. The summed E-state index contributed by atoms with van der Waals surface area (Å²) in [5, 5.41) is -0.263. The van der Waals surface area contributed by atoms with Crippen LogP contribution in [0.4, 0.5) is 4.79 Å². The van der Waals surface area contributed by atoms with E-state index in [1.54, 1.807) is 24.3 Å².